The van der Waals surface area contributed by atoms with Crippen LogP contribution in [0.4, 0.5) is 4.39 Å². The molecule has 0 aromatic heterocycles. The highest BCUT2D eigenvalue weighted by Crippen LogP contribution is 2.33. The van der Waals surface area contributed by atoms with Gasteiger partial charge in [-0.25, -0.2) is 4.39 Å². The fourth-order valence-corrected chi connectivity index (χ4v) is 2.97. The van der Waals surface area contributed by atoms with Crippen LogP contribution in [0.25, 0.3) is 10.8 Å². The van der Waals surface area contributed by atoms with Gasteiger partial charge < -0.3 is 10.4 Å². The molecule has 1 saturated heterocycles. The summed E-state index contributed by atoms with van der Waals surface area (Å²) in [4.78, 5) is 2.18. The lowest BCUT2D eigenvalue weighted by Crippen LogP contribution is -2.45. The van der Waals surface area contributed by atoms with Gasteiger partial charge in [-0.3, -0.25) is 4.90 Å². The van der Waals surface area contributed by atoms with Crippen LogP contribution < -0.4 is 5.32 Å². The number of aromatic hydroxyl groups is 1. The second-order valence-corrected chi connectivity index (χ2v) is 5.18. The molecule has 1 atom stereocenters. The summed E-state index contributed by atoms with van der Waals surface area (Å²) in [5.74, 6) is 0.252. The van der Waals surface area contributed by atoms with E-state index in [0.717, 1.165) is 42.5 Å². The third-order valence-electron chi connectivity index (χ3n) is 4.03. The van der Waals surface area contributed by atoms with Crippen molar-refractivity contribution in [3.8, 4) is 5.75 Å². The topological polar surface area (TPSA) is 35.5 Å². The lowest BCUT2D eigenvalue weighted by Gasteiger charge is -2.34. The Morgan fingerprint density at radius 2 is 1.80 bits per heavy atom. The number of nitrogens with zero attached hydrogens (tertiary/aromatic N) is 1. The van der Waals surface area contributed by atoms with E-state index in [-0.39, 0.29) is 11.8 Å². The Balaban J connectivity index is 2.05. The van der Waals surface area contributed by atoms with E-state index in [2.05, 4.69) is 10.2 Å². The lowest BCUT2D eigenvalue weighted by atomic mass is 9.97. The highest BCUT2D eigenvalue weighted by molar-refractivity contribution is 5.91. The molecule has 4 heteroatoms. The molecule has 2 N–H and O–H groups in total. The van der Waals surface area contributed by atoms with Gasteiger partial charge in [0.25, 0.3) is 0 Å². The van der Waals surface area contributed by atoms with Crippen LogP contribution in [0.5, 0.6) is 5.75 Å². The standard InChI is InChI=1S/C16H19FN2O/c17-11-15(19-9-7-18-8-10-19)13-5-6-16(20)14-4-2-1-3-12(13)14/h1-6,15,18,20H,7-11H2/t15-/m0/s1. The van der Waals surface area contributed by atoms with Crippen LogP contribution in [-0.4, -0.2) is 42.9 Å². The number of hydrogen-bond acceptors (Lipinski definition) is 3. The zero-order valence-corrected chi connectivity index (χ0v) is 11.3. The summed E-state index contributed by atoms with van der Waals surface area (Å²) in [6.07, 6.45) is 0. The predicted molar refractivity (Wildman–Crippen MR) is 78.8 cm³/mol. The molecule has 1 aliphatic heterocycles. The van der Waals surface area contributed by atoms with Crippen molar-refractivity contribution in [2.45, 2.75) is 6.04 Å². The van der Waals surface area contributed by atoms with Gasteiger partial charge in [-0.2, -0.15) is 0 Å². The van der Waals surface area contributed by atoms with E-state index in [1.807, 2.05) is 30.3 Å². The first-order valence-electron chi connectivity index (χ1n) is 7.02. The van der Waals surface area contributed by atoms with E-state index in [1.54, 1.807) is 6.07 Å². The molecule has 0 saturated carbocycles. The molecule has 20 heavy (non-hydrogen) atoms. The van der Waals surface area contributed by atoms with Crippen molar-refractivity contribution < 1.29 is 9.50 Å². The largest absolute Gasteiger partial charge is 0.507 e. The number of nitrogens with one attached hydrogen (secondary N) is 1. The Morgan fingerprint density at radius 3 is 2.50 bits per heavy atom. The zero-order valence-electron chi connectivity index (χ0n) is 11.3. The van der Waals surface area contributed by atoms with Crippen molar-refractivity contribution in [1.29, 1.82) is 0 Å². The van der Waals surface area contributed by atoms with Gasteiger partial charge in [0.2, 0.25) is 0 Å². The molecule has 0 spiro atoms. The predicted octanol–water partition coefficient (Wildman–Crippen LogP) is 2.46. The Hall–Kier alpha value is -1.65. The summed E-state index contributed by atoms with van der Waals surface area (Å²) < 4.78 is 13.6. The molecule has 0 radical (unpaired) electrons. The van der Waals surface area contributed by atoms with Crippen molar-refractivity contribution in [2.24, 2.45) is 0 Å². The monoisotopic (exact) mass is 274 g/mol. The number of benzene rings is 2. The number of phenolic OH excluding ortho intramolecular Hbond substituents is 1. The minimum atomic E-state index is -0.408. The van der Waals surface area contributed by atoms with E-state index < -0.39 is 6.67 Å². The van der Waals surface area contributed by atoms with Crippen molar-refractivity contribution >= 4 is 10.8 Å². The third kappa shape index (κ3) is 2.37. The number of halogens is 1. The van der Waals surface area contributed by atoms with Gasteiger partial charge in [-0.1, -0.05) is 30.3 Å². The molecule has 1 heterocycles. The van der Waals surface area contributed by atoms with E-state index >= 15 is 0 Å². The summed E-state index contributed by atoms with van der Waals surface area (Å²) in [6, 6.07) is 10.9. The van der Waals surface area contributed by atoms with Crippen LogP contribution in [0.1, 0.15) is 11.6 Å². The van der Waals surface area contributed by atoms with Gasteiger partial charge in [-0.05, 0) is 17.0 Å². The second kappa shape index (κ2) is 5.77. The van der Waals surface area contributed by atoms with Crippen LogP contribution in [0.3, 0.4) is 0 Å². The maximum atomic E-state index is 13.6. The van der Waals surface area contributed by atoms with Gasteiger partial charge in [0, 0.05) is 31.6 Å². The Morgan fingerprint density at radius 1 is 1.10 bits per heavy atom. The third-order valence-corrected chi connectivity index (χ3v) is 4.03. The summed E-state index contributed by atoms with van der Waals surface area (Å²) in [5, 5.41) is 15.0. The molecule has 3 nitrogen and oxygen atoms in total. The van der Waals surface area contributed by atoms with Crippen molar-refractivity contribution in [2.75, 3.05) is 32.9 Å². The van der Waals surface area contributed by atoms with Gasteiger partial charge in [-0.15, -0.1) is 0 Å². The number of rotatable bonds is 3. The average molecular weight is 274 g/mol. The average Bonchev–Trinajstić information content (AvgIpc) is 2.52. The highest BCUT2D eigenvalue weighted by Gasteiger charge is 2.24. The smallest absolute Gasteiger partial charge is 0.123 e. The normalized spacial score (nSPS) is 18.2. The highest BCUT2D eigenvalue weighted by atomic mass is 19.1. The molecule has 0 bridgehead atoms. The summed E-state index contributed by atoms with van der Waals surface area (Å²) in [6.45, 7) is 3.08. The van der Waals surface area contributed by atoms with Crippen LogP contribution in [-0.2, 0) is 0 Å². The fourth-order valence-electron chi connectivity index (χ4n) is 2.97. The van der Waals surface area contributed by atoms with Gasteiger partial charge in [0.1, 0.15) is 12.4 Å². The maximum Gasteiger partial charge on any atom is 0.123 e. The van der Waals surface area contributed by atoms with E-state index in [9.17, 15) is 9.50 Å². The Bertz CT molecular complexity index is 596. The number of alkyl halides is 1. The zero-order chi connectivity index (χ0) is 13.9. The first kappa shape index (κ1) is 13.3. The van der Waals surface area contributed by atoms with Crippen LogP contribution >= 0.6 is 0 Å². The molecule has 106 valence electrons. The second-order valence-electron chi connectivity index (χ2n) is 5.18. The number of piperazine rings is 1. The van der Waals surface area contributed by atoms with E-state index in [0.29, 0.717) is 0 Å². The van der Waals surface area contributed by atoms with Crippen molar-refractivity contribution in [3.63, 3.8) is 0 Å². The molecular formula is C16H19FN2O. The van der Waals surface area contributed by atoms with Gasteiger partial charge in [0.05, 0.1) is 6.04 Å². The summed E-state index contributed by atoms with van der Waals surface area (Å²) in [7, 11) is 0. The SMILES string of the molecule is Oc1ccc([C@H](CF)N2CCNCC2)c2ccccc12. The molecule has 0 aliphatic carbocycles. The molecule has 2 aromatic carbocycles. The first-order valence-corrected chi connectivity index (χ1v) is 7.02. The van der Waals surface area contributed by atoms with Crippen LogP contribution in [0, 0.1) is 0 Å². The Kier molecular flexibility index (Phi) is 3.85. The molecular weight excluding hydrogens is 255 g/mol. The fraction of sp³-hybridized carbons (Fsp3) is 0.375. The quantitative estimate of drug-likeness (QED) is 0.902. The van der Waals surface area contributed by atoms with Crippen LogP contribution in [0.15, 0.2) is 36.4 Å². The maximum absolute atomic E-state index is 13.6. The van der Waals surface area contributed by atoms with Crippen molar-refractivity contribution in [3.05, 3.63) is 42.0 Å². The van der Waals surface area contributed by atoms with Gasteiger partial charge in [0.15, 0.2) is 0 Å². The lowest BCUT2D eigenvalue weighted by molar-refractivity contribution is 0.148. The van der Waals surface area contributed by atoms with Crippen molar-refractivity contribution in [1.82, 2.24) is 10.2 Å². The minimum Gasteiger partial charge on any atom is -0.507 e. The molecule has 1 aliphatic rings. The molecule has 1 fully saturated rings. The first-order chi connectivity index (χ1) is 9.81. The summed E-state index contributed by atoms with van der Waals surface area (Å²) in [5.41, 5.74) is 0.961. The number of hydrogen-bond donors (Lipinski definition) is 2. The van der Waals surface area contributed by atoms with Gasteiger partial charge >= 0.3 is 0 Å². The number of phenols is 1. The molecule has 0 unspecified atom stereocenters. The Labute approximate surface area is 118 Å². The van der Waals surface area contributed by atoms with E-state index in [1.165, 1.54) is 0 Å². The van der Waals surface area contributed by atoms with Crippen LogP contribution in [0.2, 0.25) is 0 Å². The summed E-state index contributed by atoms with van der Waals surface area (Å²) >= 11 is 0. The molecule has 3 rings (SSSR count). The molecule has 0 amide bonds. The minimum absolute atomic E-state index is 0.234. The van der Waals surface area contributed by atoms with E-state index in [4.69, 9.17) is 0 Å². The number of fused-ring (bicyclic) bond motifs is 1. The molecule has 2 aromatic rings.